The van der Waals surface area contributed by atoms with E-state index in [0.29, 0.717) is 5.52 Å². The summed E-state index contributed by atoms with van der Waals surface area (Å²) < 4.78 is 17.0. The van der Waals surface area contributed by atoms with E-state index >= 15 is 0 Å². The van der Waals surface area contributed by atoms with Gasteiger partial charge in [0.1, 0.15) is 5.52 Å². The highest BCUT2D eigenvalue weighted by Crippen LogP contribution is 2.32. The molecule has 0 spiro atoms. The second-order valence-corrected chi connectivity index (χ2v) is 6.19. The summed E-state index contributed by atoms with van der Waals surface area (Å²) in [5, 5.41) is 0. The first-order valence-electron chi connectivity index (χ1n) is 5.11. The molecule has 3 nitrogen and oxygen atoms in total. The predicted molar refractivity (Wildman–Crippen MR) is 65.0 cm³/mol. The second-order valence-electron chi connectivity index (χ2n) is 4.85. The molecule has 0 radical (unpaired) electrons. The molecule has 0 bridgehead atoms. The molecular formula is C12H15NO2S. The van der Waals surface area contributed by atoms with Gasteiger partial charge in [-0.1, -0.05) is 26.8 Å². The number of benzene rings is 1. The average Bonchev–Trinajstić information content (AvgIpc) is 2.61. The summed E-state index contributed by atoms with van der Waals surface area (Å²) in [5.74, 6) is 0. The van der Waals surface area contributed by atoms with Gasteiger partial charge in [-0.05, 0) is 11.5 Å². The molecule has 1 aromatic heterocycles. The average molecular weight is 237 g/mol. The minimum atomic E-state index is -1.04. The summed E-state index contributed by atoms with van der Waals surface area (Å²) >= 11 is 0. The van der Waals surface area contributed by atoms with Gasteiger partial charge in [0.25, 0.3) is 0 Å². The van der Waals surface area contributed by atoms with Crippen LogP contribution in [0.5, 0.6) is 0 Å². The predicted octanol–water partition coefficient (Wildman–Crippen LogP) is 2.86. The zero-order valence-electron chi connectivity index (χ0n) is 9.90. The number of aromatic nitrogens is 1. The first-order valence-corrected chi connectivity index (χ1v) is 6.67. The van der Waals surface area contributed by atoms with Gasteiger partial charge >= 0.3 is 0 Å². The molecule has 0 fully saturated rings. The van der Waals surface area contributed by atoms with E-state index in [1.165, 1.54) is 6.39 Å². The van der Waals surface area contributed by atoms with E-state index in [4.69, 9.17) is 4.42 Å². The lowest BCUT2D eigenvalue weighted by molar-refractivity contribution is 0.554. The molecule has 1 aromatic carbocycles. The highest BCUT2D eigenvalue weighted by molar-refractivity contribution is 7.84. The molecule has 2 rings (SSSR count). The fourth-order valence-corrected chi connectivity index (χ4v) is 2.43. The zero-order valence-corrected chi connectivity index (χ0v) is 10.7. The van der Waals surface area contributed by atoms with Gasteiger partial charge in [-0.2, -0.15) is 0 Å². The maximum Gasteiger partial charge on any atom is 0.182 e. The van der Waals surface area contributed by atoms with Crippen LogP contribution in [0.4, 0.5) is 0 Å². The van der Waals surface area contributed by atoms with E-state index in [9.17, 15) is 4.21 Å². The van der Waals surface area contributed by atoms with Crippen molar-refractivity contribution in [2.24, 2.45) is 0 Å². The standard InChI is InChI=1S/C12H15NO2S/c1-12(2,3)8-5-6-9(16(4)14)10-11(8)15-7-13-10/h5-7H,1-4H3. The summed E-state index contributed by atoms with van der Waals surface area (Å²) in [5.41, 5.74) is 2.55. The topological polar surface area (TPSA) is 43.1 Å². The lowest BCUT2D eigenvalue weighted by Crippen LogP contribution is -2.11. The number of oxazole rings is 1. The van der Waals surface area contributed by atoms with Crippen molar-refractivity contribution in [3.8, 4) is 0 Å². The minimum absolute atomic E-state index is 0.00839. The molecule has 1 heterocycles. The maximum atomic E-state index is 11.5. The Hall–Kier alpha value is -1.16. The van der Waals surface area contributed by atoms with Gasteiger partial charge in [0.15, 0.2) is 12.0 Å². The van der Waals surface area contributed by atoms with Crippen LogP contribution in [0, 0.1) is 0 Å². The molecule has 1 atom stereocenters. The maximum absolute atomic E-state index is 11.5. The van der Waals surface area contributed by atoms with E-state index in [1.807, 2.05) is 12.1 Å². The van der Waals surface area contributed by atoms with Crippen molar-refractivity contribution in [3.63, 3.8) is 0 Å². The van der Waals surface area contributed by atoms with E-state index < -0.39 is 10.8 Å². The SMILES string of the molecule is CS(=O)c1ccc(C(C)(C)C)c2ocnc12. The van der Waals surface area contributed by atoms with Crippen LogP contribution in [0.3, 0.4) is 0 Å². The molecule has 2 aromatic rings. The summed E-state index contributed by atoms with van der Waals surface area (Å²) in [6.45, 7) is 6.35. The van der Waals surface area contributed by atoms with Gasteiger partial charge in [-0.25, -0.2) is 4.98 Å². The van der Waals surface area contributed by atoms with Crippen LogP contribution in [-0.4, -0.2) is 15.4 Å². The van der Waals surface area contributed by atoms with Crippen molar-refractivity contribution in [1.82, 2.24) is 4.98 Å². The Kier molecular flexibility index (Phi) is 2.62. The van der Waals surface area contributed by atoms with Gasteiger partial charge < -0.3 is 4.42 Å². The molecule has 0 N–H and O–H groups in total. The fraction of sp³-hybridized carbons (Fsp3) is 0.417. The lowest BCUT2D eigenvalue weighted by atomic mass is 9.86. The van der Waals surface area contributed by atoms with E-state index in [0.717, 1.165) is 16.0 Å². The second kappa shape index (κ2) is 3.70. The van der Waals surface area contributed by atoms with Crippen LogP contribution in [0.25, 0.3) is 11.1 Å². The van der Waals surface area contributed by atoms with Gasteiger partial charge in [0.2, 0.25) is 0 Å². The summed E-state index contributed by atoms with van der Waals surface area (Å²) in [4.78, 5) is 4.89. The Morgan fingerprint density at radius 1 is 1.31 bits per heavy atom. The summed E-state index contributed by atoms with van der Waals surface area (Å²) in [6.07, 6.45) is 3.07. The monoisotopic (exact) mass is 237 g/mol. The molecule has 1 unspecified atom stereocenters. The summed E-state index contributed by atoms with van der Waals surface area (Å²) in [6, 6.07) is 3.85. The van der Waals surface area contributed by atoms with Crippen LogP contribution in [0.15, 0.2) is 27.8 Å². The molecule has 0 aliphatic heterocycles. The van der Waals surface area contributed by atoms with E-state index in [2.05, 4.69) is 25.8 Å². The zero-order chi connectivity index (χ0) is 11.9. The quantitative estimate of drug-likeness (QED) is 0.766. The van der Waals surface area contributed by atoms with Crippen LogP contribution in [0.1, 0.15) is 26.3 Å². The van der Waals surface area contributed by atoms with Crippen molar-refractivity contribution in [2.75, 3.05) is 6.26 Å². The number of rotatable bonds is 1. The molecule has 4 heteroatoms. The van der Waals surface area contributed by atoms with Crippen molar-refractivity contribution in [3.05, 3.63) is 24.1 Å². The Balaban J connectivity index is 2.79. The normalized spacial score (nSPS) is 14.2. The molecule has 0 saturated heterocycles. The number of hydrogen-bond acceptors (Lipinski definition) is 3. The van der Waals surface area contributed by atoms with Crippen molar-refractivity contribution < 1.29 is 8.63 Å². The molecule has 86 valence electrons. The lowest BCUT2D eigenvalue weighted by Gasteiger charge is -2.19. The van der Waals surface area contributed by atoms with E-state index in [-0.39, 0.29) is 5.41 Å². The van der Waals surface area contributed by atoms with Crippen LogP contribution >= 0.6 is 0 Å². The first kappa shape index (κ1) is 11.3. The Morgan fingerprint density at radius 3 is 2.56 bits per heavy atom. The Labute approximate surface area is 97.3 Å². The molecule has 16 heavy (non-hydrogen) atoms. The fourth-order valence-electron chi connectivity index (χ4n) is 1.75. The molecular weight excluding hydrogens is 222 g/mol. The van der Waals surface area contributed by atoms with Gasteiger partial charge in [-0.15, -0.1) is 0 Å². The van der Waals surface area contributed by atoms with Crippen molar-refractivity contribution >= 4 is 21.9 Å². The molecule has 0 aliphatic rings. The van der Waals surface area contributed by atoms with Crippen LogP contribution < -0.4 is 0 Å². The van der Waals surface area contributed by atoms with E-state index in [1.54, 1.807) is 6.26 Å². The van der Waals surface area contributed by atoms with Crippen LogP contribution in [-0.2, 0) is 16.2 Å². The molecule has 0 saturated carbocycles. The Morgan fingerprint density at radius 2 is 2.00 bits per heavy atom. The highest BCUT2D eigenvalue weighted by Gasteiger charge is 2.21. The number of fused-ring (bicyclic) bond motifs is 1. The highest BCUT2D eigenvalue weighted by atomic mass is 32.2. The van der Waals surface area contributed by atoms with Crippen molar-refractivity contribution in [1.29, 1.82) is 0 Å². The summed E-state index contributed by atoms with van der Waals surface area (Å²) in [7, 11) is -1.04. The number of hydrogen-bond donors (Lipinski definition) is 0. The molecule has 0 aliphatic carbocycles. The third kappa shape index (κ3) is 1.78. The van der Waals surface area contributed by atoms with Gasteiger partial charge in [0, 0.05) is 11.8 Å². The smallest absolute Gasteiger partial charge is 0.182 e. The largest absolute Gasteiger partial charge is 0.443 e. The molecule has 0 amide bonds. The van der Waals surface area contributed by atoms with Gasteiger partial charge in [0.05, 0.1) is 15.7 Å². The van der Waals surface area contributed by atoms with Crippen LogP contribution in [0.2, 0.25) is 0 Å². The third-order valence-corrected chi connectivity index (χ3v) is 3.51. The van der Waals surface area contributed by atoms with Crippen molar-refractivity contribution in [2.45, 2.75) is 31.1 Å². The minimum Gasteiger partial charge on any atom is -0.443 e. The Bertz CT molecular complexity index is 552. The van der Waals surface area contributed by atoms with Gasteiger partial charge in [-0.3, -0.25) is 4.21 Å². The third-order valence-electron chi connectivity index (χ3n) is 2.56. The first-order chi connectivity index (χ1) is 7.41. The number of nitrogens with zero attached hydrogens (tertiary/aromatic N) is 1.